The van der Waals surface area contributed by atoms with Crippen LogP contribution in [0.1, 0.15) is 18.0 Å². The fourth-order valence-corrected chi connectivity index (χ4v) is 6.70. The molecular weight excluding hydrogens is 580 g/mol. The topological polar surface area (TPSA) is 123 Å². The van der Waals surface area contributed by atoms with E-state index in [1.165, 1.54) is 25.1 Å². The van der Waals surface area contributed by atoms with E-state index >= 15 is 0 Å². The number of ether oxygens (including phenoxy) is 1. The number of carboxylic acid groups (broad SMARTS) is 1. The average Bonchev–Trinajstić information content (AvgIpc) is 3.17. The number of halogens is 2. The number of likely N-dealkylation sites (tertiary alicyclic amines) is 1. The molecule has 9 nitrogen and oxygen atoms in total. The first-order valence-corrected chi connectivity index (χ1v) is 12.9. The van der Waals surface area contributed by atoms with Crippen molar-refractivity contribution in [2.24, 2.45) is 0 Å². The van der Waals surface area contributed by atoms with Crippen LogP contribution in [0.4, 0.5) is 4.79 Å². The highest BCUT2D eigenvalue weighted by atomic mass is 79.9. The highest BCUT2D eigenvalue weighted by Crippen LogP contribution is 2.35. The van der Waals surface area contributed by atoms with Crippen molar-refractivity contribution in [2.45, 2.75) is 29.4 Å². The first-order chi connectivity index (χ1) is 15.6. The zero-order valence-corrected chi connectivity index (χ0v) is 21.8. The van der Waals surface area contributed by atoms with E-state index in [-0.39, 0.29) is 17.9 Å². The molecule has 2 aromatic rings. The van der Waals surface area contributed by atoms with Gasteiger partial charge in [0.25, 0.3) is 0 Å². The second-order valence-electron chi connectivity index (χ2n) is 7.56. The fraction of sp³-hybridized carbons (Fsp3) is 0.333. The van der Waals surface area contributed by atoms with Crippen molar-refractivity contribution in [3.63, 3.8) is 0 Å². The lowest BCUT2D eigenvalue weighted by atomic mass is 9.95. The first kappa shape index (κ1) is 25.3. The van der Waals surface area contributed by atoms with Crippen molar-refractivity contribution >= 4 is 48.0 Å². The molecule has 3 rings (SSSR count). The van der Waals surface area contributed by atoms with Crippen molar-refractivity contribution < 1.29 is 23.1 Å². The van der Waals surface area contributed by atoms with Gasteiger partial charge in [0.15, 0.2) is 6.19 Å². The lowest BCUT2D eigenvalue weighted by Crippen LogP contribution is -2.42. The monoisotopic (exact) mass is 600 g/mol. The van der Waals surface area contributed by atoms with Crippen molar-refractivity contribution in [1.29, 1.82) is 5.26 Å². The van der Waals surface area contributed by atoms with E-state index in [0.717, 1.165) is 4.90 Å². The molecule has 1 aliphatic rings. The number of rotatable bonds is 7. The summed E-state index contributed by atoms with van der Waals surface area (Å²) in [5.74, 6) is 0.615. The largest absolute Gasteiger partial charge is 0.497 e. The van der Waals surface area contributed by atoms with Gasteiger partial charge in [0.2, 0.25) is 10.0 Å². The summed E-state index contributed by atoms with van der Waals surface area (Å²) in [5.41, 5.74) is 0.671. The van der Waals surface area contributed by atoms with Gasteiger partial charge in [-0.25, -0.2) is 17.9 Å². The molecule has 3 atom stereocenters. The minimum Gasteiger partial charge on any atom is -0.497 e. The molecule has 0 saturated carbocycles. The third kappa shape index (κ3) is 5.60. The fourth-order valence-electron chi connectivity index (χ4n) is 3.96. The van der Waals surface area contributed by atoms with Gasteiger partial charge in [-0.3, -0.25) is 0 Å². The molecule has 0 spiro atoms. The van der Waals surface area contributed by atoms with E-state index < -0.39 is 34.2 Å². The van der Waals surface area contributed by atoms with Crippen LogP contribution < -0.4 is 9.46 Å². The molecule has 2 aromatic carbocycles. The Morgan fingerprint density at radius 3 is 2.55 bits per heavy atom. The van der Waals surface area contributed by atoms with Gasteiger partial charge in [0.1, 0.15) is 5.75 Å². The molecule has 2 N–H and O–H groups in total. The Labute approximate surface area is 209 Å². The van der Waals surface area contributed by atoms with Gasteiger partial charge in [-0.2, -0.15) is 5.26 Å². The number of sulfonamides is 1. The van der Waals surface area contributed by atoms with Crippen LogP contribution in [0, 0.1) is 11.5 Å². The number of nitriles is 1. The molecule has 0 aromatic heterocycles. The van der Waals surface area contributed by atoms with Crippen molar-refractivity contribution in [3.05, 3.63) is 57.0 Å². The van der Waals surface area contributed by atoms with Crippen LogP contribution in [0.3, 0.4) is 0 Å². The number of amides is 1. The SMILES string of the molecule is COc1ccc(C([C@@H]2C[C@@H](NS(=O)(=O)c3cc(Br)ccc3Br)CN2C#N)N(C)C(=O)O)cc1. The summed E-state index contributed by atoms with van der Waals surface area (Å²) in [5, 5.41) is 19.4. The summed E-state index contributed by atoms with van der Waals surface area (Å²) in [4.78, 5) is 14.5. The molecule has 1 aliphatic heterocycles. The number of benzene rings is 2. The summed E-state index contributed by atoms with van der Waals surface area (Å²) >= 11 is 6.55. The second kappa shape index (κ2) is 10.3. The standard InChI is InChI=1S/C21H22Br2N4O5S/c1-26(21(28)29)20(13-3-6-16(32-2)7-4-13)18-10-15(11-27(18)12-24)25-33(30,31)19-9-14(22)5-8-17(19)23/h3-9,15,18,20,25H,10-11H2,1-2H3,(H,28,29)/t15-,18+,20?/m1/s1. The Morgan fingerprint density at radius 1 is 1.30 bits per heavy atom. The van der Waals surface area contributed by atoms with E-state index in [1.54, 1.807) is 36.4 Å². The highest BCUT2D eigenvalue weighted by molar-refractivity contribution is 9.11. The predicted octanol–water partition coefficient (Wildman–Crippen LogP) is 3.77. The molecule has 12 heteroatoms. The molecule has 1 saturated heterocycles. The molecular formula is C21H22Br2N4O5S. The Balaban J connectivity index is 1.91. The molecule has 1 amide bonds. The molecule has 1 heterocycles. The molecule has 0 bridgehead atoms. The van der Waals surface area contributed by atoms with Gasteiger partial charge >= 0.3 is 6.09 Å². The van der Waals surface area contributed by atoms with Gasteiger partial charge < -0.3 is 19.6 Å². The maximum Gasteiger partial charge on any atom is 0.407 e. The number of likely N-dealkylation sites (N-methyl/N-ethyl adjacent to an activating group) is 1. The van der Waals surface area contributed by atoms with Crippen molar-refractivity contribution in [3.8, 4) is 11.9 Å². The summed E-state index contributed by atoms with van der Waals surface area (Å²) < 4.78 is 34.9. The third-order valence-corrected chi connectivity index (χ3v) is 8.52. The van der Waals surface area contributed by atoms with Crippen LogP contribution in [-0.4, -0.2) is 62.2 Å². The average molecular weight is 602 g/mol. The maximum absolute atomic E-state index is 13.0. The summed E-state index contributed by atoms with van der Waals surface area (Å²) in [6.07, 6.45) is 1.18. The molecule has 0 radical (unpaired) electrons. The normalized spacial score (nSPS) is 19.1. The predicted molar refractivity (Wildman–Crippen MR) is 128 cm³/mol. The zero-order valence-electron chi connectivity index (χ0n) is 17.8. The number of hydrogen-bond acceptors (Lipinski definition) is 6. The summed E-state index contributed by atoms with van der Waals surface area (Å²) in [6.45, 7) is 0.117. The first-order valence-electron chi connectivity index (χ1n) is 9.81. The number of methoxy groups -OCH3 is 1. The zero-order chi connectivity index (χ0) is 24.3. The maximum atomic E-state index is 13.0. The van der Waals surface area contributed by atoms with Crippen LogP contribution >= 0.6 is 31.9 Å². The van der Waals surface area contributed by atoms with Crippen molar-refractivity contribution in [1.82, 2.24) is 14.5 Å². The van der Waals surface area contributed by atoms with Gasteiger partial charge in [-0.05, 0) is 58.2 Å². The Kier molecular flexibility index (Phi) is 7.89. The Morgan fingerprint density at radius 2 is 1.97 bits per heavy atom. The van der Waals surface area contributed by atoms with Gasteiger partial charge in [0.05, 0.1) is 24.1 Å². The van der Waals surface area contributed by atoms with Crippen LogP contribution in [0.15, 0.2) is 56.3 Å². The highest BCUT2D eigenvalue weighted by Gasteiger charge is 2.42. The van der Waals surface area contributed by atoms with Crippen LogP contribution in [-0.2, 0) is 10.0 Å². The van der Waals surface area contributed by atoms with Gasteiger partial charge in [-0.15, -0.1) is 0 Å². The van der Waals surface area contributed by atoms with Gasteiger partial charge in [-0.1, -0.05) is 28.1 Å². The third-order valence-electron chi connectivity index (χ3n) is 5.52. The number of hydrogen-bond donors (Lipinski definition) is 2. The van der Waals surface area contributed by atoms with E-state index in [2.05, 4.69) is 42.8 Å². The van der Waals surface area contributed by atoms with E-state index in [0.29, 0.717) is 20.3 Å². The minimum absolute atomic E-state index is 0.0678. The van der Waals surface area contributed by atoms with Crippen LogP contribution in [0.25, 0.3) is 0 Å². The Hall–Kier alpha value is -2.33. The smallest absolute Gasteiger partial charge is 0.407 e. The quantitative estimate of drug-likeness (QED) is 0.463. The lowest BCUT2D eigenvalue weighted by molar-refractivity contribution is 0.114. The number of carbonyl (C=O) groups is 1. The second-order valence-corrected chi connectivity index (χ2v) is 11.0. The molecule has 1 fully saturated rings. The van der Waals surface area contributed by atoms with Crippen LogP contribution in [0.2, 0.25) is 0 Å². The lowest BCUT2D eigenvalue weighted by Gasteiger charge is -2.34. The summed E-state index contributed by atoms with van der Waals surface area (Å²) in [6, 6.07) is 9.90. The van der Waals surface area contributed by atoms with E-state index in [4.69, 9.17) is 4.74 Å². The molecule has 0 aliphatic carbocycles. The van der Waals surface area contributed by atoms with Crippen molar-refractivity contribution in [2.75, 3.05) is 20.7 Å². The number of nitrogens with one attached hydrogen (secondary N) is 1. The van der Waals surface area contributed by atoms with Gasteiger partial charge in [0, 0.05) is 28.6 Å². The molecule has 33 heavy (non-hydrogen) atoms. The summed E-state index contributed by atoms with van der Waals surface area (Å²) in [7, 11) is -0.932. The van der Waals surface area contributed by atoms with E-state index in [1.807, 2.05) is 0 Å². The molecule has 176 valence electrons. The minimum atomic E-state index is -3.90. The van der Waals surface area contributed by atoms with Crippen LogP contribution in [0.5, 0.6) is 5.75 Å². The Bertz CT molecular complexity index is 1170. The number of nitrogens with zero attached hydrogens (tertiary/aromatic N) is 3. The van der Waals surface area contributed by atoms with E-state index in [9.17, 15) is 23.6 Å². The molecule has 1 unspecified atom stereocenters.